The van der Waals surface area contributed by atoms with E-state index in [1.807, 2.05) is 31.2 Å². The second-order valence-corrected chi connectivity index (χ2v) is 5.11. The van der Waals surface area contributed by atoms with Crippen LogP contribution in [0.2, 0.25) is 0 Å². The highest BCUT2D eigenvalue weighted by atomic mass is 16.5. The Morgan fingerprint density at radius 3 is 2.63 bits per heavy atom. The molecule has 1 N–H and O–H groups in total. The fraction of sp³-hybridized carbons (Fsp3) is 0.562. The second kappa shape index (κ2) is 8.57. The standard InChI is InChI=1S/C16H25NO2/c1-4-5-14(3)12-16(18)17-10-11-19-15-8-6-13(2)7-9-15/h6-9,14H,4-5,10-12H2,1-3H3,(H,17,18). The van der Waals surface area contributed by atoms with Gasteiger partial charge in [0.2, 0.25) is 5.91 Å². The molecule has 0 aliphatic carbocycles. The van der Waals surface area contributed by atoms with Crippen LogP contribution in [0.25, 0.3) is 0 Å². The van der Waals surface area contributed by atoms with Crippen LogP contribution in [-0.4, -0.2) is 19.1 Å². The number of carbonyl (C=O) groups excluding carboxylic acids is 1. The molecule has 106 valence electrons. The number of amides is 1. The summed E-state index contributed by atoms with van der Waals surface area (Å²) < 4.78 is 5.55. The monoisotopic (exact) mass is 263 g/mol. The normalized spacial score (nSPS) is 11.9. The SMILES string of the molecule is CCCC(C)CC(=O)NCCOc1ccc(C)cc1. The minimum Gasteiger partial charge on any atom is -0.492 e. The average molecular weight is 263 g/mol. The highest BCUT2D eigenvalue weighted by Gasteiger charge is 2.07. The van der Waals surface area contributed by atoms with Crippen molar-refractivity contribution in [2.24, 2.45) is 5.92 Å². The van der Waals surface area contributed by atoms with Gasteiger partial charge in [-0.25, -0.2) is 0 Å². The molecular formula is C16H25NO2. The highest BCUT2D eigenvalue weighted by molar-refractivity contribution is 5.76. The van der Waals surface area contributed by atoms with E-state index in [1.165, 1.54) is 5.56 Å². The van der Waals surface area contributed by atoms with E-state index >= 15 is 0 Å². The van der Waals surface area contributed by atoms with Gasteiger partial charge in [-0.15, -0.1) is 0 Å². The van der Waals surface area contributed by atoms with Crippen LogP contribution in [0.1, 0.15) is 38.7 Å². The Morgan fingerprint density at radius 2 is 2.00 bits per heavy atom. The molecule has 0 spiro atoms. The number of rotatable bonds is 8. The fourth-order valence-corrected chi connectivity index (χ4v) is 1.98. The van der Waals surface area contributed by atoms with Crippen molar-refractivity contribution in [3.8, 4) is 5.75 Å². The number of carbonyl (C=O) groups is 1. The van der Waals surface area contributed by atoms with E-state index in [0.29, 0.717) is 25.5 Å². The van der Waals surface area contributed by atoms with Crippen LogP contribution in [0.15, 0.2) is 24.3 Å². The predicted molar refractivity (Wildman–Crippen MR) is 78.4 cm³/mol. The molecule has 0 heterocycles. The topological polar surface area (TPSA) is 38.3 Å². The average Bonchev–Trinajstić information content (AvgIpc) is 2.37. The molecule has 3 nitrogen and oxygen atoms in total. The largest absolute Gasteiger partial charge is 0.492 e. The molecule has 0 aliphatic rings. The van der Waals surface area contributed by atoms with Crippen molar-refractivity contribution in [2.75, 3.05) is 13.2 Å². The Balaban J connectivity index is 2.13. The first-order valence-corrected chi connectivity index (χ1v) is 7.08. The van der Waals surface area contributed by atoms with Gasteiger partial charge in [0, 0.05) is 6.42 Å². The minimum atomic E-state index is 0.119. The van der Waals surface area contributed by atoms with E-state index in [9.17, 15) is 4.79 Å². The molecule has 0 saturated carbocycles. The van der Waals surface area contributed by atoms with E-state index in [1.54, 1.807) is 0 Å². The molecule has 0 aromatic heterocycles. The quantitative estimate of drug-likeness (QED) is 0.731. The van der Waals surface area contributed by atoms with Crippen molar-refractivity contribution in [2.45, 2.75) is 40.0 Å². The van der Waals surface area contributed by atoms with E-state index in [0.717, 1.165) is 18.6 Å². The van der Waals surface area contributed by atoms with Gasteiger partial charge in [0.05, 0.1) is 6.54 Å². The van der Waals surface area contributed by atoms with Gasteiger partial charge in [-0.3, -0.25) is 4.79 Å². The van der Waals surface area contributed by atoms with Crippen molar-refractivity contribution in [3.63, 3.8) is 0 Å². The molecule has 3 heteroatoms. The highest BCUT2D eigenvalue weighted by Crippen LogP contribution is 2.11. The van der Waals surface area contributed by atoms with E-state index in [4.69, 9.17) is 4.74 Å². The number of ether oxygens (including phenoxy) is 1. The van der Waals surface area contributed by atoms with Crippen LogP contribution >= 0.6 is 0 Å². The van der Waals surface area contributed by atoms with Crippen LogP contribution in [0.3, 0.4) is 0 Å². The first-order chi connectivity index (χ1) is 9.11. The lowest BCUT2D eigenvalue weighted by atomic mass is 10.0. The zero-order valence-corrected chi connectivity index (χ0v) is 12.2. The van der Waals surface area contributed by atoms with Crippen LogP contribution in [0.5, 0.6) is 5.75 Å². The molecule has 1 rings (SSSR count). The van der Waals surface area contributed by atoms with Gasteiger partial charge in [-0.2, -0.15) is 0 Å². The van der Waals surface area contributed by atoms with Crippen LogP contribution in [0.4, 0.5) is 0 Å². The summed E-state index contributed by atoms with van der Waals surface area (Å²) in [5.41, 5.74) is 1.21. The van der Waals surface area contributed by atoms with Gasteiger partial charge in [0.15, 0.2) is 0 Å². The Bertz CT molecular complexity index is 373. The van der Waals surface area contributed by atoms with Crippen molar-refractivity contribution in [1.82, 2.24) is 5.32 Å². The smallest absolute Gasteiger partial charge is 0.220 e. The summed E-state index contributed by atoms with van der Waals surface area (Å²) in [6, 6.07) is 7.92. The first kappa shape index (κ1) is 15.5. The second-order valence-electron chi connectivity index (χ2n) is 5.11. The molecule has 1 aromatic carbocycles. The maximum Gasteiger partial charge on any atom is 0.220 e. The Morgan fingerprint density at radius 1 is 1.32 bits per heavy atom. The molecule has 1 atom stereocenters. The van der Waals surface area contributed by atoms with Crippen molar-refractivity contribution in [3.05, 3.63) is 29.8 Å². The number of hydrogen-bond donors (Lipinski definition) is 1. The number of hydrogen-bond acceptors (Lipinski definition) is 2. The zero-order valence-electron chi connectivity index (χ0n) is 12.2. The summed E-state index contributed by atoms with van der Waals surface area (Å²) in [5, 5.41) is 2.89. The molecule has 0 bridgehead atoms. The van der Waals surface area contributed by atoms with Gasteiger partial charge < -0.3 is 10.1 Å². The summed E-state index contributed by atoms with van der Waals surface area (Å²) in [4.78, 5) is 11.6. The lowest BCUT2D eigenvalue weighted by Crippen LogP contribution is -2.29. The predicted octanol–water partition coefficient (Wildman–Crippen LogP) is 3.32. The third kappa shape index (κ3) is 6.85. The fourth-order valence-electron chi connectivity index (χ4n) is 1.98. The first-order valence-electron chi connectivity index (χ1n) is 7.08. The Hall–Kier alpha value is -1.51. The van der Waals surface area contributed by atoms with E-state index in [2.05, 4.69) is 19.2 Å². The van der Waals surface area contributed by atoms with Crippen molar-refractivity contribution < 1.29 is 9.53 Å². The molecule has 0 saturated heterocycles. The van der Waals surface area contributed by atoms with Gasteiger partial charge >= 0.3 is 0 Å². The zero-order chi connectivity index (χ0) is 14.1. The van der Waals surface area contributed by atoms with Crippen molar-refractivity contribution >= 4 is 5.91 Å². The summed E-state index contributed by atoms with van der Waals surface area (Å²) in [6.07, 6.45) is 2.84. The molecule has 1 aromatic rings. The Kier molecular flexibility index (Phi) is 7.01. The summed E-state index contributed by atoms with van der Waals surface area (Å²) >= 11 is 0. The third-order valence-corrected chi connectivity index (χ3v) is 3.03. The van der Waals surface area contributed by atoms with Gasteiger partial charge in [0.1, 0.15) is 12.4 Å². The van der Waals surface area contributed by atoms with Crippen LogP contribution in [-0.2, 0) is 4.79 Å². The summed E-state index contributed by atoms with van der Waals surface area (Å²) in [6.45, 7) is 7.37. The molecule has 1 amide bonds. The third-order valence-electron chi connectivity index (χ3n) is 3.03. The van der Waals surface area contributed by atoms with Gasteiger partial charge in [-0.1, -0.05) is 44.4 Å². The molecular weight excluding hydrogens is 238 g/mol. The lowest BCUT2D eigenvalue weighted by molar-refractivity contribution is -0.122. The summed E-state index contributed by atoms with van der Waals surface area (Å²) in [7, 11) is 0. The number of aryl methyl sites for hydroxylation is 1. The van der Waals surface area contributed by atoms with E-state index in [-0.39, 0.29) is 5.91 Å². The summed E-state index contributed by atoms with van der Waals surface area (Å²) in [5.74, 6) is 1.43. The number of benzene rings is 1. The van der Waals surface area contributed by atoms with Crippen molar-refractivity contribution in [1.29, 1.82) is 0 Å². The van der Waals surface area contributed by atoms with Gasteiger partial charge in [0.25, 0.3) is 0 Å². The maximum absolute atomic E-state index is 11.6. The number of nitrogens with one attached hydrogen (secondary N) is 1. The van der Waals surface area contributed by atoms with Crippen LogP contribution in [0, 0.1) is 12.8 Å². The molecule has 19 heavy (non-hydrogen) atoms. The molecule has 0 fully saturated rings. The van der Waals surface area contributed by atoms with E-state index < -0.39 is 0 Å². The van der Waals surface area contributed by atoms with Gasteiger partial charge in [-0.05, 0) is 25.0 Å². The Labute approximate surface area is 116 Å². The molecule has 0 radical (unpaired) electrons. The minimum absolute atomic E-state index is 0.119. The molecule has 1 unspecified atom stereocenters. The maximum atomic E-state index is 11.6. The molecule has 0 aliphatic heterocycles. The lowest BCUT2D eigenvalue weighted by Gasteiger charge is -2.11. The van der Waals surface area contributed by atoms with Crippen LogP contribution < -0.4 is 10.1 Å².